The van der Waals surface area contributed by atoms with Crippen LogP contribution in [-0.2, 0) is 16.4 Å². The van der Waals surface area contributed by atoms with Crippen LogP contribution in [0.3, 0.4) is 0 Å². The molecule has 2 aromatic carbocycles. The molecule has 0 unspecified atom stereocenters. The SMILES string of the molecule is COc1ccc(S(=O)(=O)NCCc2cccc(Cl)c2)cc1F. The van der Waals surface area contributed by atoms with E-state index in [1.807, 2.05) is 6.07 Å². The molecule has 0 aliphatic carbocycles. The quantitative estimate of drug-likeness (QED) is 0.877. The first-order valence-electron chi connectivity index (χ1n) is 6.50. The van der Waals surface area contributed by atoms with Crippen LogP contribution in [-0.4, -0.2) is 22.1 Å². The number of rotatable bonds is 6. The fourth-order valence-electron chi connectivity index (χ4n) is 1.92. The summed E-state index contributed by atoms with van der Waals surface area (Å²) in [5, 5.41) is 0.595. The van der Waals surface area contributed by atoms with Gasteiger partial charge in [-0.25, -0.2) is 17.5 Å². The zero-order valence-electron chi connectivity index (χ0n) is 11.8. The third-order valence-electron chi connectivity index (χ3n) is 3.03. The van der Waals surface area contributed by atoms with Gasteiger partial charge < -0.3 is 4.74 Å². The van der Waals surface area contributed by atoms with Crippen molar-refractivity contribution in [1.29, 1.82) is 0 Å². The lowest BCUT2D eigenvalue weighted by Gasteiger charge is -2.08. The van der Waals surface area contributed by atoms with Gasteiger partial charge >= 0.3 is 0 Å². The van der Waals surface area contributed by atoms with Gasteiger partial charge in [0.2, 0.25) is 10.0 Å². The summed E-state index contributed by atoms with van der Waals surface area (Å²) in [4.78, 5) is -0.142. The Morgan fingerprint density at radius 3 is 2.64 bits per heavy atom. The average molecular weight is 344 g/mol. The highest BCUT2D eigenvalue weighted by Crippen LogP contribution is 2.20. The summed E-state index contributed by atoms with van der Waals surface area (Å²) in [5.74, 6) is -0.724. The van der Waals surface area contributed by atoms with Crippen LogP contribution in [0.1, 0.15) is 5.56 Å². The largest absolute Gasteiger partial charge is 0.494 e. The van der Waals surface area contributed by atoms with E-state index in [9.17, 15) is 12.8 Å². The first-order valence-corrected chi connectivity index (χ1v) is 8.36. The van der Waals surface area contributed by atoms with Gasteiger partial charge in [-0.3, -0.25) is 0 Å². The van der Waals surface area contributed by atoms with Crippen molar-refractivity contribution in [2.45, 2.75) is 11.3 Å². The second kappa shape index (κ2) is 7.09. The van der Waals surface area contributed by atoms with Crippen molar-refractivity contribution in [3.63, 3.8) is 0 Å². The average Bonchev–Trinajstić information content (AvgIpc) is 2.47. The second-order valence-electron chi connectivity index (χ2n) is 4.57. The maximum Gasteiger partial charge on any atom is 0.240 e. The monoisotopic (exact) mass is 343 g/mol. The van der Waals surface area contributed by atoms with Crippen LogP contribution in [0.2, 0.25) is 5.02 Å². The van der Waals surface area contributed by atoms with Crippen molar-refractivity contribution < 1.29 is 17.5 Å². The highest BCUT2D eigenvalue weighted by Gasteiger charge is 2.16. The lowest BCUT2D eigenvalue weighted by atomic mass is 10.2. The second-order valence-corrected chi connectivity index (χ2v) is 6.78. The molecule has 2 rings (SSSR count). The van der Waals surface area contributed by atoms with Gasteiger partial charge in [-0.15, -0.1) is 0 Å². The molecule has 0 aliphatic rings. The van der Waals surface area contributed by atoms with Gasteiger partial charge in [0.15, 0.2) is 11.6 Å². The minimum atomic E-state index is -3.77. The molecular weight excluding hydrogens is 329 g/mol. The lowest BCUT2D eigenvalue weighted by Crippen LogP contribution is -2.26. The summed E-state index contributed by atoms with van der Waals surface area (Å²) in [6, 6.07) is 10.7. The number of hydrogen-bond donors (Lipinski definition) is 1. The Kier molecular flexibility index (Phi) is 5.39. The number of halogens is 2. The third kappa shape index (κ3) is 4.19. The molecule has 0 saturated heterocycles. The molecule has 22 heavy (non-hydrogen) atoms. The Morgan fingerprint density at radius 2 is 2.00 bits per heavy atom. The zero-order valence-corrected chi connectivity index (χ0v) is 13.4. The third-order valence-corrected chi connectivity index (χ3v) is 4.72. The minimum Gasteiger partial charge on any atom is -0.494 e. The van der Waals surface area contributed by atoms with E-state index in [-0.39, 0.29) is 17.2 Å². The van der Waals surface area contributed by atoms with E-state index in [1.54, 1.807) is 18.2 Å². The molecule has 2 aromatic rings. The van der Waals surface area contributed by atoms with E-state index in [1.165, 1.54) is 19.2 Å². The molecule has 0 amide bonds. The molecule has 0 heterocycles. The first kappa shape index (κ1) is 16.7. The van der Waals surface area contributed by atoms with E-state index in [0.29, 0.717) is 11.4 Å². The minimum absolute atomic E-state index is 0.00197. The highest BCUT2D eigenvalue weighted by atomic mass is 35.5. The molecule has 118 valence electrons. The van der Waals surface area contributed by atoms with E-state index in [4.69, 9.17) is 16.3 Å². The molecule has 0 radical (unpaired) electrons. The van der Waals surface area contributed by atoms with Crippen LogP contribution < -0.4 is 9.46 Å². The summed E-state index contributed by atoms with van der Waals surface area (Å²) in [6.45, 7) is 0.191. The standard InChI is InChI=1S/C15H15ClFNO3S/c1-21-15-6-5-13(10-14(15)17)22(19,20)18-8-7-11-3-2-4-12(16)9-11/h2-6,9-10,18H,7-8H2,1H3. The number of nitrogens with one attached hydrogen (secondary N) is 1. The molecule has 0 bridgehead atoms. The summed E-state index contributed by atoms with van der Waals surface area (Å²) in [7, 11) is -2.45. The predicted octanol–water partition coefficient (Wildman–Crippen LogP) is 3.01. The van der Waals surface area contributed by atoms with E-state index >= 15 is 0 Å². The molecule has 4 nitrogen and oxygen atoms in total. The number of hydrogen-bond acceptors (Lipinski definition) is 3. The zero-order chi connectivity index (χ0) is 16.2. The van der Waals surface area contributed by atoms with Gasteiger partial charge in [0.05, 0.1) is 12.0 Å². The van der Waals surface area contributed by atoms with Gasteiger partial charge in [-0.2, -0.15) is 0 Å². The Labute approximate surface area is 133 Å². The molecular formula is C15H15ClFNO3S. The Balaban J connectivity index is 2.03. The fraction of sp³-hybridized carbons (Fsp3) is 0.200. The summed E-state index contributed by atoms with van der Waals surface area (Å²) in [5.41, 5.74) is 0.913. The van der Waals surface area contributed by atoms with E-state index in [0.717, 1.165) is 11.6 Å². The molecule has 0 fully saturated rings. The molecule has 0 spiro atoms. The maximum absolute atomic E-state index is 13.6. The molecule has 0 aliphatic heterocycles. The number of sulfonamides is 1. The van der Waals surface area contributed by atoms with Gasteiger partial charge in [0.1, 0.15) is 0 Å². The van der Waals surface area contributed by atoms with Crippen LogP contribution in [0.5, 0.6) is 5.75 Å². The summed E-state index contributed by atoms with van der Waals surface area (Å²) < 4.78 is 45.0. The number of ether oxygens (including phenoxy) is 1. The Bertz CT molecular complexity index is 765. The Hall–Kier alpha value is -1.63. The van der Waals surface area contributed by atoms with Crippen LogP contribution in [0.4, 0.5) is 4.39 Å². The van der Waals surface area contributed by atoms with Crippen molar-refractivity contribution in [3.05, 3.63) is 58.9 Å². The van der Waals surface area contributed by atoms with Crippen molar-refractivity contribution in [2.75, 3.05) is 13.7 Å². The van der Waals surface area contributed by atoms with Crippen molar-refractivity contribution in [1.82, 2.24) is 4.72 Å². The van der Waals surface area contributed by atoms with E-state index < -0.39 is 15.8 Å². The topological polar surface area (TPSA) is 55.4 Å². The molecule has 7 heteroatoms. The normalized spacial score (nSPS) is 11.4. The van der Waals surface area contributed by atoms with Crippen molar-refractivity contribution in [2.24, 2.45) is 0 Å². The fourth-order valence-corrected chi connectivity index (χ4v) is 3.18. The van der Waals surface area contributed by atoms with E-state index in [2.05, 4.69) is 4.72 Å². The number of benzene rings is 2. The number of methoxy groups -OCH3 is 1. The van der Waals surface area contributed by atoms with Gasteiger partial charge in [-0.05, 0) is 42.3 Å². The first-order chi connectivity index (χ1) is 10.4. The van der Waals surface area contributed by atoms with Gasteiger partial charge in [-0.1, -0.05) is 23.7 Å². The highest BCUT2D eigenvalue weighted by molar-refractivity contribution is 7.89. The lowest BCUT2D eigenvalue weighted by molar-refractivity contribution is 0.385. The van der Waals surface area contributed by atoms with Crippen LogP contribution in [0, 0.1) is 5.82 Å². The Morgan fingerprint density at radius 1 is 1.23 bits per heavy atom. The summed E-state index contributed by atoms with van der Waals surface area (Å²) in [6.07, 6.45) is 0.485. The summed E-state index contributed by atoms with van der Waals surface area (Å²) >= 11 is 5.86. The maximum atomic E-state index is 13.6. The van der Waals surface area contributed by atoms with Gasteiger partial charge in [0, 0.05) is 11.6 Å². The molecule has 0 aromatic heterocycles. The van der Waals surface area contributed by atoms with Crippen molar-refractivity contribution >= 4 is 21.6 Å². The molecule has 0 saturated carbocycles. The molecule has 0 atom stereocenters. The van der Waals surface area contributed by atoms with Crippen molar-refractivity contribution in [3.8, 4) is 5.75 Å². The van der Waals surface area contributed by atoms with Crippen LogP contribution >= 0.6 is 11.6 Å². The molecule has 1 N–H and O–H groups in total. The van der Waals surface area contributed by atoms with Crippen LogP contribution in [0.25, 0.3) is 0 Å². The van der Waals surface area contributed by atoms with Gasteiger partial charge in [0.25, 0.3) is 0 Å². The smallest absolute Gasteiger partial charge is 0.240 e. The van der Waals surface area contributed by atoms with Crippen LogP contribution in [0.15, 0.2) is 47.4 Å². The predicted molar refractivity (Wildman–Crippen MR) is 83.3 cm³/mol.